The van der Waals surface area contributed by atoms with Crippen LogP contribution < -0.4 is 10.6 Å². The fraction of sp³-hybridized carbons (Fsp3) is 0.438. The molecule has 2 aliphatic rings. The monoisotopic (exact) mass is 332 g/mol. The number of nitrogens with one attached hydrogen (secondary N) is 2. The molecule has 0 saturated carbocycles. The predicted molar refractivity (Wildman–Crippen MR) is 89.7 cm³/mol. The molecule has 122 valence electrons. The standard InChI is InChI=1S/C16H20N4O2S/c21-23(22)9-7-13(11-23)20-15-6-8-17-10-14(15)16(19-20)18-12-4-2-1-3-5-12/h1-5,13,17H,6-11H2,(H,18,19). The highest BCUT2D eigenvalue weighted by atomic mass is 32.2. The Hall–Kier alpha value is -1.86. The number of anilines is 2. The second kappa shape index (κ2) is 5.65. The average Bonchev–Trinajstić information content (AvgIpc) is 3.09. The molecule has 3 heterocycles. The van der Waals surface area contributed by atoms with Gasteiger partial charge in [0.2, 0.25) is 0 Å². The van der Waals surface area contributed by atoms with Crippen molar-refractivity contribution in [1.82, 2.24) is 15.1 Å². The van der Waals surface area contributed by atoms with Gasteiger partial charge in [0.05, 0.1) is 17.5 Å². The Labute approximate surface area is 135 Å². The van der Waals surface area contributed by atoms with Crippen LogP contribution in [-0.2, 0) is 22.8 Å². The number of rotatable bonds is 3. The average molecular weight is 332 g/mol. The normalized spacial score (nSPS) is 22.7. The van der Waals surface area contributed by atoms with E-state index in [-0.39, 0.29) is 17.5 Å². The number of para-hydroxylation sites is 1. The number of benzene rings is 1. The SMILES string of the molecule is O=S1(=O)CCC(n2nc(Nc3ccccc3)c3c2CCNC3)C1. The van der Waals surface area contributed by atoms with Crippen LogP contribution in [0.4, 0.5) is 11.5 Å². The van der Waals surface area contributed by atoms with Gasteiger partial charge in [0.25, 0.3) is 0 Å². The Morgan fingerprint density at radius 1 is 1.26 bits per heavy atom. The summed E-state index contributed by atoms with van der Waals surface area (Å²) >= 11 is 0. The van der Waals surface area contributed by atoms with Crippen LogP contribution >= 0.6 is 0 Å². The lowest BCUT2D eigenvalue weighted by Gasteiger charge is -2.18. The topological polar surface area (TPSA) is 76.0 Å². The van der Waals surface area contributed by atoms with Gasteiger partial charge in [-0.15, -0.1) is 0 Å². The lowest BCUT2D eigenvalue weighted by Crippen LogP contribution is -2.26. The minimum atomic E-state index is -2.92. The van der Waals surface area contributed by atoms with E-state index in [2.05, 4.69) is 10.6 Å². The zero-order valence-electron chi connectivity index (χ0n) is 12.8. The van der Waals surface area contributed by atoms with E-state index >= 15 is 0 Å². The molecule has 1 aromatic heterocycles. The van der Waals surface area contributed by atoms with E-state index in [1.54, 1.807) is 0 Å². The van der Waals surface area contributed by atoms with Crippen LogP contribution in [0.3, 0.4) is 0 Å². The molecule has 7 heteroatoms. The second-order valence-electron chi connectivity index (χ2n) is 6.19. The number of sulfone groups is 1. The van der Waals surface area contributed by atoms with Crippen LogP contribution in [0.2, 0.25) is 0 Å². The minimum absolute atomic E-state index is 0.0295. The fourth-order valence-corrected chi connectivity index (χ4v) is 5.10. The molecule has 0 amide bonds. The Morgan fingerprint density at radius 2 is 2.09 bits per heavy atom. The van der Waals surface area contributed by atoms with Gasteiger partial charge >= 0.3 is 0 Å². The molecule has 1 saturated heterocycles. The van der Waals surface area contributed by atoms with Crippen molar-refractivity contribution in [3.8, 4) is 0 Å². The van der Waals surface area contributed by atoms with Gasteiger partial charge in [-0.2, -0.15) is 5.10 Å². The van der Waals surface area contributed by atoms with Crippen molar-refractivity contribution in [3.05, 3.63) is 41.6 Å². The van der Waals surface area contributed by atoms with Crippen LogP contribution in [0.1, 0.15) is 23.7 Å². The van der Waals surface area contributed by atoms with Gasteiger partial charge in [0.15, 0.2) is 15.7 Å². The van der Waals surface area contributed by atoms with Gasteiger partial charge in [-0.05, 0) is 18.6 Å². The lowest BCUT2D eigenvalue weighted by molar-refractivity contribution is 0.469. The van der Waals surface area contributed by atoms with Crippen molar-refractivity contribution in [2.45, 2.75) is 25.4 Å². The molecular formula is C16H20N4O2S. The molecule has 1 aromatic carbocycles. The molecule has 6 nitrogen and oxygen atoms in total. The van der Waals surface area contributed by atoms with Crippen molar-refractivity contribution in [1.29, 1.82) is 0 Å². The third-order valence-corrected chi connectivity index (χ3v) is 6.30. The number of hydrogen-bond acceptors (Lipinski definition) is 5. The predicted octanol–water partition coefficient (Wildman–Crippen LogP) is 1.63. The summed E-state index contributed by atoms with van der Waals surface area (Å²) in [7, 11) is -2.92. The van der Waals surface area contributed by atoms with Gasteiger partial charge in [-0.3, -0.25) is 4.68 Å². The van der Waals surface area contributed by atoms with Gasteiger partial charge in [-0.25, -0.2) is 8.42 Å². The van der Waals surface area contributed by atoms with E-state index in [1.165, 1.54) is 5.69 Å². The highest BCUT2D eigenvalue weighted by Gasteiger charge is 2.33. The van der Waals surface area contributed by atoms with Gasteiger partial charge in [-0.1, -0.05) is 18.2 Å². The molecule has 2 aliphatic heterocycles. The molecule has 23 heavy (non-hydrogen) atoms. The lowest BCUT2D eigenvalue weighted by atomic mass is 10.1. The van der Waals surface area contributed by atoms with Crippen molar-refractivity contribution in [2.75, 3.05) is 23.4 Å². The van der Waals surface area contributed by atoms with Gasteiger partial charge < -0.3 is 10.6 Å². The van der Waals surface area contributed by atoms with E-state index < -0.39 is 9.84 Å². The first-order chi connectivity index (χ1) is 11.1. The van der Waals surface area contributed by atoms with Crippen molar-refractivity contribution in [2.24, 2.45) is 0 Å². The van der Waals surface area contributed by atoms with E-state index in [4.69, 9.17) is 5.10 Å². The molecule has 1 unspecified atom stereocenters. The van der Waals surface area contributed by atoms with Gasteiger partial charge in [0, 0.05) is 36.5 Å². The maximum atomic E-state index is 11.8. The third-order valence-electron chi connectivity index (χ3n) is 4.55. The van der Waals surface area contributed by atoms with E-state index in [0.717, 1.165) is 36.6 Å². The highest BCUT2D eigenvalue weighted by molar-refractivity contribution is 7.91. The number of fused-ring (bicyclic) bond motifs is 1. The van der Waals surface area contributed by atoms with E-state index in [9.17, 15) is 8.42 Å². The summed E-state index contributed by atoms with van der Waals surface area (Å²) in [6, 6.07) is 9.91. The maximum Gasteiger partial charge on any atom is 0.157 e. The molecule has 0 spiro atoms. The highest BCUT2D eigenvalue weighted by Crippen LogP contribution is 2.31. The first-order valence-electron chi connectivity index (χ1n) is 7.96. The molecule has 0 bridgehead atoms. The molecule has 1 fully saturated rings. The van der Waals surface area contributed by atoms with Gasteiger partial charge in [0.1, 0.15) is 0 Å². The molecule has 1 atom stereocenters. The zero-order chi connectivity index (χ0) is 15.9. The number of aromatic nitrogens is 2. The smallest absolute Gasteiger partial charge is 0.157 e. The summed E-state index contributed by atoms with van der Waals surface area (Å²) in [5.74, 6) is 1.31. The summed E-state index contributed by atoms with van der Waals surface area (Å²) in [5.41, 5.74) is 3.32. The first kappa shape index (κ1) is 14.7. The van der Waals surface area contributed by atoms with E-state index in [1.807, 2.05) is 35.0 Å². The molecule has 2 N–H and O–H groups in total. The molecule has 0 aliphatic carbocycles. The minimum Gasteiger partial charge on any atom is -0.338 e. The van der Waals surface area contributed by atoms with Crippen LogP contribution in [0, 0.1) is 0 Å². The van der Waals surface area contributed by atoms with Crippen molar-refractivity contribution in [3.63, 3.8) is 0 Å². The van der Waals surface area contributed by atoms with Crippen LogP contribution in [-0.4, -0.2) is 36.2 Å². The van der Waals surface area contributed by atoms with Crippen molar-refractivity contribution >= 4 is 21.3 Å². The summed E-state index contributed by atoms with van der Waals surface area (Å²) in [5, 5.41) is 11.5. The Morgan fingerprint density at radius 3 is 2.83 bits per heavy atom. The first-order valence-corrected chi connectivity index (χ1v) is 9.78. The molecule has 4 rings (SSSR count). The largest absolute Gasteiger partial charge is 0.338 e. The van der Waals surface area contributed by atoms with Crippen LogP contribution in [0.5, 0.6) is 0 Å². The number of hydrogen-bond donors (Lipinski definition) is 2. The Balaban J connectivity index is 1.70. The molecule has 2 aromatic rings. The Kier molecular flexibility index (Phi) is 3.61. The summed E-state index contributed by atoms with van der Waals surface area (Å²) in [6.07, 6.45) is 1.55. The fourth-order valence-electron chi connectivity index (χ4n) is 3.40. The quantitative estimate of drug-likeness (QED) is 0.893. The maximum absolute atomic E-state index is 11.8. The molecular weight excluding hydrogens is 312 g/mol. The van der Waals surface area contributed by atoms with Crippen LogP contribution in [0.15, 0.2) is 30.3 Å². The Bertz CT molecular complexity index is 814. The second-order valence-corrected chi connectivity index (χ2v) is 8.42. The summed E-state index contributed by atoms with van der Waals surface area (Å²) in [4.78, 5) is 0. The summed E-state index contributed by atoms with van der Waals surface area (Å²) < 4.78 is 25.6. The summed E-state index contributed by atoms with van der Waals surface area (Å²) in [6.45, 7) is 1.67. The van der Waals surface area contributed by atoms with E-state index in [0.29, 0.717) is 6.42 Å². The third kappa shape index (κ3) is 2.86. The van der Waals surface area contributed by atoms with Crippen LogP contribution in [0.25, 0.3) is 0 Å². The zero-order valence-corrected chi connectivity index (χ0v) is 13.6. The van der Waals surface area contributed by atoms with Crippen molar-refractivity contribution < 1.29 is 8.42 Å². The molecule has 0 radical (unpaired) electrons. The number of nitrogens with zero attached hydrogens (tertiary/aromatic N) is 2.